The van der Waals surface area contributed by atoms with E-state index in [1.54, 1.807) is 0 Å². The third kappa shape index (κ3) is 3.93. The molecule has 1 N–H and O–H groups in total. The highest BCUT2D eigenvalue weighted by molar-refractivity contribution is 5.24. The number of aliphatic hydroxyl groups is 1. The van der Waals surface area contributed by atoms with Crippen LogP contribution >= 0.6 is 0 Å². The zero-order valence-corrected chi connectivity index (χ0v) is 9.91. The van der Waals surface area contributed by atoms with Gasteiger partial charge < -0.3 is 5.11 Å². The summed E-state index contributed by atoms with van der Waals surface area (Å²) in [6, 6.07) is 8.02. The Balaban J connectivity index is 0.000000791. The van der Waals surface area contributed by atoms with Crippen LogP contribution in [0.2, 0.25) is 0 Å². The smallest absolute Gasteiger partial charge is 0.0813 e. The van der Waals surface area contributed by atoms with Gasteiger partial charge in [-0.3, -0.25) is 0 Å². The van der Waals surface area contributed by atoms with Gasteiger partial charge in [-0.2, -0.15) is 0 Å². The van der Waals surface area contributed by atoms with E-state index in [1.165, 1.54) is 5.56 Å². The van der Waals surface area contributed by atoms with Crippen molar-refractivity contribution in [3.63, 3.8) is 0 Å². The maximum Gasteiger partial charge on any atom is 0.0813 e. The average molecular weight is 194 g/mol. The molecule has 80 valence electrons. The van der Waals surface area contributed by atoms with Gasteiger partial charge in [0.05, 0.1) is 6.10 Å². The van der Waals surface area contributed by atoms with Crippen molar-refractivity contribution in [2.24, 2.45) is 5.92 Å². The zero-order chi connectivity index (χ0) is 11.1. The van der Waals surface area contributed by atoms with Gasteiger partial charge in [0.15, 0.2) is 0 Å². The highest BCUT2D eigenvalue weighted by atomic mass is 16.3. The Kier molecular flexibility index (Phi) is 6.22. The van der Waals surface area contributed by atoms with Gasteiger partial charge in [-0.1, -0.05) is 57.5 Å². The van der Waals surface area contributed by atoms with E-state index in [2.05, 4.69) is 0 Å². The molecule has 0 fully saturated rings. The molecular formula is C13H22O. The fraction of sp³-hybridized carbons (Fsp3) is 0.538. The van der Waals surface area contributed by atoms with Crippen LogP contribution in [-0.2, 0) is 0 Å². The maximum atomic E-state index is 9.72. The molecule has 0 saturated heterocycles. The molecule has 0 aromatic heterocycles. The Bertz CT molecular complexity index is 253. The fourth-order valence-electron chi connectivity index (χ4n) is 1.24. The first-order valence-corrected chi connectivity index (χ1v) is 5.36. The normalized spacial score (nSPS) is 11.9. The summed E-state index contributed by atoms with van der Waals surface area (Å²) in [5.74, 6) is 0.284. The Hall–Kier alpha value is -0.820. The first kappa shape index (κ1) is 13.2. The van der Waals surface area contributed by atoms with Crippen LogP contribution in [0.25, 0.3) is 0 Å². The third-order valence-corrected chi connectivity index (χ3v) is 2.02. The summed E-state index contributed by atoms with van der Waals surface area (Å²) in [5.41, 5.74) is 2.22. The molecule has 0 amide bonds. The molecule has 0 saturated carbocycles. The van der Waals surface area contributed by atoms with Crippen molar-refractivity contribution in [2.45, 2.75) is 40.7 Å². The summed E-state index contributed by atoms with van der Waals surface area (Å²) in [6.45, 7) is 10.1. The molecule has 14 heavy (non-hydrogen) atoms. The fourth-order valence-corrected chi connectivity index (χ4v) is 1.24. The van der Waals surface area contributed by atoms with E-state index in [-0.39, 0.29) is 12.0 Å². The van der Waals surface area contributed by atoms with Crippen molar-refractivity contribution in [3.05, 3.63) is 35.4 Å². The molecule has 0 radical (unpaired) electrons. The number of benzene rings is 1. The lowest BCUT2D eigenvalue weighted by Crippen LogP contribution is -2.05. The van der Waals surface area contributed by atoms with Gasteiger partial charge in [-0.05, 0) is 18.4 Å². The second-order valence-electron chi connectivity index (χ2n) is 3.60. The van der Waals surface area contributed by atoms with Crippen molar-refractivity contribution in [1.29, 1.82) is 0 Å². The monoisotopic (exact) mass is 194 g/mol. The molecule has 0 aliphatic rings. The molecule has 1 atom stereocenters. The van der Waals surface area contributed by atoms with E-state index in [0.29, 0.717) is 0 Å². The van der Waals surface area contributed by atoms with Crippen LogP contribution in [0.15, 0.2) is 24.3 Å². The van der Waals surface area contributed by atoms with Crippen LogP contribution in [0.1, 0.15) is 44.9 Å². The van der Waals surface area contributed by atoms with E-state index >= 15 is 0 Å². The lowest BCUT2D eigenvalue weighted by molar-refractivity contribution is 0.127. The largest absolute Gasteiger partial charge is 0.388 e. The van der Waals surface area contributed by atoms with E-state index in [0.717, 1.165) is 5.56 Å². The van der Waals surface area contributed by atoms with Crippen LogP contribution in [0.5, 0.6) is 0 Å². The van der Waals surface area contributed by atoms with Gasteiger partial charge >= 0.3 is 0 Å². The highest BCUT2D eigenvalue weighted by Crippen LogP contribution is 2.21. The first-order chi connectivity index (χ1) is 6.61. The summed E-state index contributed by atoms with van der Waals surface area (Å²) in [6.07, 6.45) is -0.329. The summed E-state index contributed by atoms with van der Waals surface area (Å²) >= 11 is 0. The van der Waals surface area contributed by atoms with Crippen molar-refractivity contribution >= 4 is 0 Å². The third-order valence-electron chi connectivity index (χ3n) is 2.02. The number of rotatable bonds is 2. The molecular weight excluding hydrogens is 172 g/mol. The summed E-state index contributed by atoms with van der Waals surface area (Å²) < 4.78 is 0. The van der Waals surface area contributed by atoms with Gasteiger partial charge in [-0.25, -0.2) is 0 Å². The maximum absolute atomic E-state index is 9.72. The second-order valence-corrected chi connectivity index (χ2v) is 3.60. The number of hydrogen-bond acceptors (Lipinski definition) is 1. The summed E-state index contributed by atoms with van der Waals surface area (Å²) in [5, 5.41) is 9.72. The van der Waals surface area contributed by atoms with Crippen LogP contribution in [0.3, 0.4) is 0 Å². The number of hydrogen-bond donors (Lipinski definition) is 1. The van der Waals surface area contributed by atoms with Crippen LogP contribution < -0.4 is 0 Å². The first-order valence-electron chi connectivity index (χ1n) is 5.36. The molecule has 1 aromatic rings. The van der Waals surface area contributed by atoms with E-state index in [9.17, 15) is 5.11 Å². The van der Waals surface area contributed by atoms with Crippen molar-refractivity contribution < 1.29 is 5.11 Å². The Labute approximate surface area is 87.8 Å². The van der Waals surface area contributed by atoms with E-state index in [4.69, 9.17) is 0 Å². The van der Waals surface area contributed by atoms with E-state index in [1.807, 2.05) is 58.9 Å². The van der Waals surface area contributed by atoms with Gasteiger partial charge in [0.2, 0.25) is 0 Å². The van der Waals surface area contributed by atoms with Crippen LogP contribution in [-0.4, -0.2) is 5.11 Å². The standard InChI is InChI=1S/C11H16O.C2H6/c1-8(2)11(12)10-6-4-5-9(3)7-10;1-2/h4-8,11-12H,1-3H3;1-2H3. The molecule has 1 rings (SSSR count). The quantitative estimate of drug-likeness (QED) is 0.761. The molecule has 0 heterocycles. The lowest BCUT2D eigenvalue weighted by Gasteiger charge is -2.14. The Morgan fingerprint density at radius 2 is 1.71 bits per heavy atom. The molecule has 0 bridgehead atoms. The topological polar surface area (TPSA) is 20.2 Å². The summed E-state index contributed by atoms with van der Waals surface area (Å²) in [7, 11) is 0. The van der Waals surface area contributed by atoms with Gasteiger partial charge in [0.1, 0.15) is 0 Å². The zero-order valence-electron chi connectivity index (χ0n) is 9.91. The van der Waals surface area contributed by atoms with Crippen molar-refractivity contribution in [3.8, 4) is 0 Å². The minimum Gasteiger partial charge on any atom is -0.388 e. The van der Waals surface area contributed by atoms with Gasteiger partial charge in [-0.15, -0.1) is 0 Å². The predicted molar refractivity (Wildman–Crippen MR) is 62.3 cm³/mol. The highest BCUT2D eigenvalue weighted by Gasteiger charge is 2.10. The molecule has 1 aromatic carbocycles. The molecule has 0 aliphatic heterocycles. The van der Waals surface area contributed by atoms with Crippen molar-refractivity contribution in [2.75, 3.05) is 0 Å². The number of aliphatic hydroxyl groups excluding tert-OH is 1. The molecule has 1 nitrogen and oxygen atoms in total. The summed E-state index contributed by atoms with van der Waals surface area (Å²) in [4.78, 5) is 0. The Morgan fingerprint density at radius 3 is 2.14 bits per heavy atom. The van der Waals surface area contributed by atoms with Gasteiger partial charge in [0.25, 0.3) is 0 Å². The van der Waals surface area contributed by atoms with Crippen LogP contribution in [0, 0.1) is 12.8 Å². The molecule has 0 aliphatic carbocycles. The minimum absolute atomic E-state index is 0.284. The van der Waals surface area contributed by atoms with Crippen LogP contribution in [0.4, 0.5) is 0 Å². The molecule has 1 heteroatoms. The van der Waals surface area contributed by atoms with Gasteiger partial charge in [0, 0.05) is 0 Å². The predicted octanol–water partition coefficient (Wildman–Crippen LogP) is 3.71. The minimum atomic E-state index is -0.329. The SMILES string of the molecule is CC.Cc1cccc(C(O)C(C)C)c1. The lowest BCUT2D eigenvalue weighted by atomic mass is 9.98. The number of aryl methyl sites for hydroxylation is 1. The van der Waals surface area contributed by atoms with E-state index < -0.39 is 0 Å². The molecule has 0 spiro atoms. The Morgan fingerprint density at radius 1 is 1.14 bits per heavy atom. The second kappa shape index (κ2) is 6.61. The molecule has 1 unspecified atom stereocenters. The van der Waals surface area contributed by atoms with Crippen molar-refractivity contribution in [1.82, 2.24) is 0 Å². The average Bonchev–Trinajstić information content (AvgIpc) is 2.19.